The summed E-state index contributed by atoms with van der Waals surface area (Å²) in [6.45, 7) is 13.6. The van der Waals surface area contributed by atoms with E-state index in [4.69, 9.17) is 34.8 Å². The molecule has 1 aliphatic carbocycles. The number of rotatable bonds is 11. The van der Waals surface area contributed by atoms with Gasteiger partial charge in [-0.25, -0.2) is 16.8 Å². The molecule has 23 nitrogen and oxygen atoms in total. The molecule has 4 saturated heterocycles. The number of carbonyl (C=O) groups is 2. The van der Waals surface area contributed by atoms with Gasteiger partial charge in [0.05, 0.1) is 64.4 Å². The third-order valence-corrected chi connectivity index (χ3v) is 22.3. The Bertz CT molecular complexity index is 4140. The Kier molecular flexibility index (Phi) is 20.7. The molecule has 0 atom stereocenters. The Morgan fingerprint density at radius 3 is 1.43 bits per heavy atom. The van der Waals surface area contributed by atoms with E-state index in [1.807, 2.05) is 96.2 Å². The van der Waals surface area contributed by atoms with Crippen LogP contribution in [-0.2, 0) is 35.4 Å². The number of hydrogen-bond donors (Lipinski definition) is 5. The SMILES string of the molecule is CC(=O)N1CCCN(c2cccc3[nH]ncc23)CC1.CNC(=O)CN1CCN(c2cc(Cl)cc3[nH]ncc23)CC1.O=S(=O)(C1CCCC1)N1CCN(c2cc(Cl)cc3[nH]ncc23)CC1.O=S(=O)(Cc1ccccc1)N1CCN(c2cc(Cl)cc3[nH]ncc23)CC1. The number of carbonyl (C=O) groups excluding carboxylic acids is 2. The predicted molar refractivity (Wildman–Crippen MR) is 359 cm³/mol. The summed E-state index contributed by atoms with van der Waals surface area (Å²) in [5.74, 6) is 0.267. The number of sulfonamides is 2. The fourth-order valence-corrected chi connectivity index (χ4v) is 16.8. The Hall–Kier alpha value is -7.23. The van der Waals surface area contributed by atoms with Gasteiger partial charge < -0.3 is 29.8 Å². The maximum Gasteiger partial charge on any atom is 0.233 e. The molecule has 90 heavy (non-hydrogen) atoms. The maximum absolute atomic E-state index is 12.7. The largest absolute Gasteiger partial charge is 0.369 e. The summed E-state index contributed by atoms with van der Waals surface area (Å²) in [5.41, 5.74) is 8.92. The number of fused-ring (bicyclic) bond motifs is 4. The molecule has 5 N–H and O–H groups in total. The third-order valence-electron chi connectivity index (χ3n) is 17.4. The van der Waals surface area contributed by atoms with Crippen LogP contribution < -0.4 is 24.9 Å². The van der Waals surface area contributed by atoms with E-state index in [0.717, 1.165) is 151 Å². The molecule has 5 fully saturated rings. The molecule has 4 aliphatic heterocycles. The highest BCUT2D eigenvalue weighted by atomic mass is 35.5. The smallest absolute Gasteiger partial charge is 0.233 e. The molecular formula is C62H76Cl3N17O6S2. The van der Waals surface area contributed by atoms with Crippen LogP contribution in [0, 0.1) is 0 Å². The molecule has 0 unspecified atom stereocenters. The Morgan fingerprint density at radius 1 is 0.500 bits per heavy atom. The molecule has 0 spiro atoms. The van der Waals surface area contributed by atoms with Gasteiger partial charge in [0.1, 0.15) is 0 Å². The molecule has 0 radical (unpaired) electrons. The van der Waals surface area contributed by atoms with Crippen LogP contribution in [0.3, 0.4) is 0 Å². The number of likely N-dealkylation sites (N-methyl/N-ethyl adjacent to an activating group) is 1. The number of benzene rings is 5. The molecule has 0 bridgehead atoms. The van der Waals surface area contributed by atoms with Crippen molar-refractivity contribution in [1.82, 2.24) is 64.5 Å². The van der Waals surface area contributed by atoms with Gasteiger partial charge in [-0.05, 0) is 73.4 Å². The number of aromatic amines is 4. The van der Waals surface area contributed by atoms with Crippen molar-refractivity contribution >= 4 is 133 Å². The number of anilines is 4. The number of hydrogen-bond acceptors (Lipinski definition) is 15. The van der Waals surface area contributed by atoms with Gasteiger partial charge in [0.25, 0.3) is 0 Å². The molecule has 28 heteroatoms. The van der Waals surface area contributed by atoms with Crippen molar-refractivity contribution in [2.24, 2.45) is 0 Å². The van der Waals surface area contributed by atoms with Crippen molar-refractivity contribution in [3.63, 3.8) is 0 Å². The molecule has 2 amide bonds. The Morgan fingerprint density at radius 2 is 0.944 bits per heavy atom. The van der Waals surface area contributed by atoms with E-state index in [1.54, 1.807) is 35.0 Å². The number of amides is 2. The molecule has 8 heterocycles. The van der Waals surface area contributed by atoms with Gasteiger partial charge in [-0.1, -0.05) is 84.0 Å². The van der Waals surface area contributed by atoms with Gasteiger partial charge in [-0.2, -0.15) is 29.0 Å². The lowest BCUT2D eigenvalue weighted by Gasteiger charge is -2.36. The minimum absolute atomic E-state index is 0.0387. The van der Waals surface area contributed by atoms with Crippen molar-refractivity contribution in [3.05, 3.63) is 130 Å². The topological polar surface area (TPSA) is 255 Å². The highest BCUT2D eigenvalue weighted by molar-refractivity contribution is 7.89. The lowest BCUT2D eigenvalue weighted by atomic mass is 10.2. The van der Waals surface area contributed by atoms with Crippen LogP contribution in [0.2, 0.25) is 15.1 Å². The van der Waals surface area contributed by atoms with Gasteiger partial charge in [0.15, 0.2) is 0 Å². The number of nitrogens with zero attached hydrogens (tertiary/aromatic N) is 12. The summed E-state index contributed by atoms with van der Waals surface area (Å²) in [7, 11) is -4.80. The molecule has 1 saturated carbocycles. The highest BCUT2D eigenvalue weighted by Gasteiger charge is 2.36. The first-order valence-corrected chi connectivity index (χ1v) is 34.7. The molecule has 478 valence electrons. The van der Waals surface area contributed by atoms with Crippen molar-refractivity contribution in [1.29, 1.82) is 0 Å². The third kappa shape index (κ3) is 15.2. The van der Waals surface area contributed by atoms with Crippen LogP contribution in [0.1, 0.15) is 44.6 Å². The summed E-state index contributed by atoms with van der Waals surface area (Å²) in [6, 6.07) is 26.9. The van der Waals surface area contributed by atoms with Crippen molar-refractivity contribution in [2.75, 3.05) is 138 Å². The normalized spacial score (nSPS) is 17.6. The van der Waals surface area contributed by atoms with E-state index in [1.165, 1.54) is 5.69 Å². The highest BCUT2D eigenvalue weighted by Crippen LogP contribution is 2.35. The average molecular weight is 1330 g/mol. The number of H-pyrrole nitrogens is 4. The van der Waals surface area contributed by atoms with Crippen LogP contribution in [0.15, 0.2) is 110 Å². The van der Waals surface area contributed by atoms with Gasteiger partial charge >= 0.3 is 0 Å². The minimum atomic E-state index is -3.32. The number of halogens is 3. The van der Waals surface area contributed by atoms with E-state index >= 15 is 0 Å². The lowest BCUT2D eigenvalue weighted by Crippen LogP contribution is -2.50. The van der Waals surface area contributed by atoms with Gasteiger partial charge in [-0.3, -0.25) is 34.9 Å². The van der Waals surface area contributed by atoms with Crippen LogP contribution in [0.4, 0.5) is 22.7 Å². The quantitative estimate of drug-likeness (QED) is 0.0818. The van der Waals surface area contributed by atoms with Gasteiger partial charge in [0.2, 0.25) is 31.9 Å². The molecule has 5 aromatic carbocycles. The zero-order valence-electron chi connectivity index (χ0n) is 50.5. The minimum Gasteiger partial charge on any atom is -0.369 e. The maximum atomic E-state index is 12.7. The van der Waals surface area contributed by atoms with E-state index < -0.39 is 20.0 Å². The second-order valence-electron chi connectivity index (χ2n) is 23.1. The zero-order chi connectivity index (χ0) is 62.9. The first kappa shape index (κ1) is 64.3. The summed E-state index contributed by atoms with van der Waals surface area (Å²) in [6.07, 6.45) is 12.0. The first-order valence-electron chi connectivity index (χ1n) is 30.5. The number of piperazine rings is 3. The first-order chi connectivity index (χ1) is 43.5. The molecule has 5 aliphatic rings. The monoisotopic (exact) mass is 1320 g/mol. The van der Waals surface area contributed by atoms with E-state index in [0.29, 0.717) is 74.0 Å². The second kappa shape index (κ2) is 28.9. The fourth-order valence-electron chi connectivity index (χ4n) is 12.6. The van der Waals surface area contributed by atoms with Gasteiger partial charge in [0, 0.05) is 178 Å². The molecular weight excluding hydrogens is 1250 g/mol. The zero-order valence-corrected chi connectivity index (χ0v) is 54.4. The number of aromatic nitrogens is 8. The lowest BCUT2D eigenvalue weighted by molar-refractivity contribution is -0.128. The number of nitrogens with one attached hydrogen (secondary N) is 5. The van der Waals surface area contributed by atoms with Crippen molar-refractivity contribution < 1.29 is 26.4 Å². The standard InChI is InChI=1S/C18H19ClN4O2S.C16H21ClN4O2S.C14H18ClN5O.C14H18N4O/c19-15-10-17-16(12-20-21-17)18(11-15)22-6-8-23(9-7-22)26(24,25)13-14-4-2-1-3-5-14;17-12-9-15-14(11-18-19-15)16(10-12)20-5-7-21(8-6-20)24(22,23)13-3-1-2-4-13;1-16-14(21)9-19-2-4-20(5-3-19)13-7-10(15)6-12-11(13)8-17-18-12;1-11(19)17-6-3-7-18(9-8-17)14-5-2-4-13-12(14)10-15-16-13/h1-5,10-12H,6-9,13H2,(H,20,21);9-11,13H,1-8H2,(H,18,19);6-8H,2-5,9H2,1H3,(H,16,21)(H,17,18);2,4-5,10H,3,6-9H2,1H3,(H,15,16). The van der Waals surface area contributed by atoms with Crippen LogP contribution in [-0.4, -0.2) is 211 Å². The average Bonchev–Trinajstić information content (AvgIpc) is 2.39. The summed E-state index contributed by atoms with van der Waals surface area (Å²) in [5, 5.41) is 36.9. The van der Waals surface area contributed by atoms with Crippen LogP contribution in [0.5, 0.6) is 0 Å². The fraction of sp³-hybridized carbons (Fsp3) is 0.419. The summed E-state index contributed by atoms with van der Waals surface area (Å²) in [4.78, 5) is 36.0. The van der Waals surface area contributed by atoms with Crippen LogP contribution >= 0.6 is 34.8 Å². The van der Waals surface area contributed by atoms with E-state index in [9.17, 15) is 26.4 Å². The Labute approximate surface area is 539 Å². The van der Waals surface area contributed by atoms with Crippen molar-refractivity contribution in [2.45, 2.75) is 50.0 Å². The van der Waals surface area contributed by atoms with E-state index in [-0.39, 0.29) is 22.8 Å². The molecule has 14 rings (SSSR count). The van der Waals surface area contributed by atoms with E-state index in [2.05, 4.69) is 76.7 Å². The second-order valence-corrected chi connectivity index (χ2v) is 28.6. The van der Waals surface area contributed by atoms with Gasteiger partial charge in [-0.15, -0.1) is 0 Å². The van der Waals surface area contributed by atoms with Crippen molar-refractivity contribution in [3.8, 4) is 0 Å². The molecule has 4 aromatic heterocycles. The predicted octanol–water partition coefficient (Wildman–Crippen LogP) is 8.18. The van der Waals surface area contributed by atoms with Crippen LogP contribution in [0.25, 0.3) is 43.6 Å². The molecule has 9 aromatic rings. The summed E-state index contributed by atoms with van der Waals surface area (Å²) >= 11 is 18.6. The summed E-state index contributed by atoms with van der Waals surface area (Å²) < 4.78 is 54.1. The Balaban J connectivity index is 0.000000124.